The summed E-state index contributed by atoms with van der Waals surface area (Å²) >= 11 is 0. The van der Waals surface area contributed by atoms with Gasteiger partial charge in [-0.15, -0.1) is 15.3 Å². The number of hydrogen-bond acceptors (Lipinski definition) is 4. The van der Waals surface area contributed by atoms with Crippen LogP contribution in [0.4, 0.5) is 19.0 Å². The van der Waals surface area contributed by atoms with Crippen LogP contribution in [-0.2, 0) is 6.18 Å². The Morgan fingerprint density at radius 3 is 2.32 bits per heavy atom. The van der Waals surface area contributed by atoms with Crippen molar-refractivity contribution in [2.45, 2.75) is 24.9 Å². The Morgan fingerprint density at radius 2 is 1.64 bits per heavy atom. The number of hydrogen-bond donors (Lipinski definition) is 0. The van der Waals surface area contributed by atoms with E-state index in [1.807, 2.05) is 23.1 Å². The zero-order valence-electron chi connectivity index (χ0n) is 13.3. The Bertz CT molecular complexity index is 867. The molecule has 0 amide bonds. The van der Waals surface area contributed by atoms with E-state index in [9.17, 15) is 13.2 Å². The maximum atomic E-state index is 13.0. The van der Waals surface area contributed by atoms with Gasteiger partial charge in [0.1, 0.15) is 5.82 Å². The van der Waals surface area contributed by atoms with E-state index < -0.39 is 12.0 Å². The molecule has 0 aliphatic carbocycles. The molecule has 0 unspecified atom stereocenters. The first-order chi connectivity index (χ1) is 12.0. The van der Waals surface area contributed by atoms with Gasteiger partial charge in [0.2, 0.25) is 0 Å². The molecule has 5 nitrogen and oxygen atoms in total. The van der Waals surface area contributed by atoms with Crippen molar-refractivity contribution in [3.8, 4) is 0 Å². The molecule has 130 valence electrons. The molecular weight excluding hydrogens is 331 g/mol. The second kappa shape index (κ2) is 6.02. The molecule has 1 aliphatic rings. The van der Waals surface area contributed by atoms with E-state index in [0.29, 0.717) is 11.7 Å². The lowest BCUT2D eigenvalue weighted by molar-refractivity contribution is -0.146. The third kappa shape index (κ3) is 3.04. The zero-order valence-corrected chi connectivity index (χ0v) is 13.3. The second-order valence-corrected chi connectivity index (χ2v) is 6.15. The van der Waals surface area contributed by atoms with Crippen LogP contribution in [0.25, 0.3) is 5.65 Å². The van der Waals surface area contributed by atoms with E-state index in [4.69, 9.17) is 0 Å². The molecule has 4 rings (SSSR count). The number of anilines is 1. The third-order valence-electron chi connectivity index (χ3n) is 4.59. The molecule has 0 saturated carbocycles. The van der Waals surface area contributed by atoms with Gasteiger partial charge in [0.15, 0.2) is 5.65 Å². The van der Waals surface area contributed by atoms with Crippen molar-refractivity contribution in [2.24, 2.45) is 0 Å². The third-order valence-corrected chi connectivity index (χ3v) is 4.59. The number of aromatic nitrogens is 4. The molecule has 8 heteroatoms. The van der Waals surface area contributed by atoms with E-state index in [1.165, 1.54) is 11.6 Å². The highest BCUT2D eigenvalue weighted by Crippen LogP contribution is 2.31. The average molecular weight is 347 g/mol. The Hall–Kier alpha value is -2.64. The van der Waals surface area contributed by atoms with Gasteiger partial charge in [0, 0.05) is 13.1 Å². The molecular formula is C17H16F3N5. The van der Waals surface area contributed by atoms with Crippen LogP contribution in [0, 0.1) is 0 Å². The summed E-state index contributed by atoms with van der Waals surface area (Å²) in [6, 6.07) is 13.5. The van der Waals surface area contributed by atoms with Crippen LogP contribution in [0.15, 0.2) is 42.5 Å². The standard InChI is InChI=1S/C17H16F3N5/c18-17(19,20)16-22-21-14-6-7-15(23-25(14)16)24-10-8-13(9-11-24)12-4-2-1-3-5-12/h1-7,13H,8-11H2. The molecule has 0 radical (unpaired) electrons. The quantitative estimate of drug-likeness (QED) is 0.712. The number of nitrogens with zero attached hydrogens (tertiary/aromatic N) is 5. The molecule has 0 atom stereocenters. The van der Waals surface area contributed by atoms with Crippen molar-refractivity contribution in [3.63, 3.8) is 0 Å². The fourth-order valence-corrected chi connectivity index (χ4v) is 3.29. The van der Waals surface area contributed by atoms with Crippen molar-refractivity contribution in [1.29, 1.82) is 0 Å². The summed E-state index contributed by atoms with van der Waals surface area (Å²) in [5, 5.41) is 10.9. The highest BCUT2D eigenvalue weighted by atomic mass is 19.4. The lowest BCUT2D eigenvalue weighted by atomic mass is 9.89. The van der Waals surface area contributed by atoms with E-state index >= 15 is 0 Å². The molecule has 1 aliphatic heterocycles. The maximum Gasteiger partial charge on any atom is 0.453 e. The van der Waals surface area contributed by atoms with E-state index in [-0.39, 0.29) is 5.65 Å². The minimum Gasteiger partial charge on any atom is -0.355 e. The van der Waals surface area contributed by atoms with Crippen LogP contribution >= 0.6 is 0 Å². The van der Waals surface area contributed by atoms with Crippen molar-refractivity contribution in [3.05, 3.63) is 53.9 Å². The Balaban J connectivity index is 1.55. The predicted octanol–water partition coefficient (Wildman–Crippen LogP) is 3.53. The van der Waals surface area contributed by atoms with Crippen molar-refractivity contribution in [1.82, 2.24) is 19.8 Å². The van der Waals surface area contributed by atoms with E-state index in [1.54, 1.807) is 6.07 Å². The summed E-state index contributed by atoms with van der Waals surface area (Å²) in [7, 11) is 0. The largest absolute Gasteiger partial charge is 0.453 e. The summed E-state index contributed by atoms with van der Waals surface area (Å²) in [6.45, 7) is 1.50. The molecule has 0 bridgehead atoms. The van der Waals surface area contributed by atoms with Gasteiger partial charge in [-0.25, -0.2) is 0 Å². The lowest BCUT2D eigenvalue weighted by Crippen LogP contribution is -2.34. The second-order valence-electron chi connectivity index (χ2n) is 6.15. The number of rotatable bonds is 2. The first-order valence-corrected chi connectivity index (χ1v) is 8.12. The van der Waals surface area contributed by atoms with Crippen molar-refractivity contribution in [2.75, 3.05) is 18.0 Å². The first-order valence-electron chi connectivity index (χ1n) is 8.12. The smallest absolute Gasteiger partial charge is 0.355 e. The van der Waals surface area contributed by atoms with Gasteiger partial charge >= 0.3 is 6.18 Å². The lowest BCUT2D eigenvalue weighted by Gasteiger charge is -2.32. The monoisotopic (exact) mass is 347 g/mol. The van der Waals surface area contributed by atoms with E-state index in [0.717, 1.165) is 30.4 Å². The minimum atomic E-state index is -4.58. The highest BCUT2D eigenvalue weighted by Gasteiger charge is 2.37. The molecule has 3 heterocycles. The van der Waals surface area contributed by atoms with E-state index in [2.05, 4.69) is 27.4 Å². The minimum absolute atomic E-state index is 0.0928. The molecule has 1 saturated heterocycles. The Morgan fingerprint density at radius 1 is 0.920 bits per heavy atom. The average Bonchev–Trinajstić information content (AvgIpc) is 3.06. The summed E-state index contributed by atoms with van der Waals surface area (Å²) < 4.78 is 39.7. The SMILES string of the molecule is FC(F)(F)c1nnc2ccc(N3CCC(c4ccccc4)CC3)nn12. The Kier molecular flexibility index (Phi) is 3.82. The number of halogens is 3. The van der Waals surface area contributed by atoms with Gasteiger partial charge in [-0.1, -0.05) is 30.3 Å². The van der Waals surface area contributed by atoms with Gasteiger partial charge in [-0.3, -0.25) is 0 Å². The summed E-state index contributed by atoms with van der Waals surface area (Å²) in [6.07, 6.45) is -2.69. The van der Waals surface area contributed by atoms with Crippen molar-refractivity contribution >= 4 is 11.5 Å². The van der Waals surface area contributed by atoms with Crippen LogP contribution in [0.5, 0.6) is 0 Å². The molecule has 0 N–H and O–H groups in total. The molecule has 1 aromatic carbocycles. The fraction of sp³-hybridized carbons (Fsp3) is 0.353. The van der Waals surface area contributed by atoms with Crippen LogP contribution in [0.2, 0.25) is 0 Å². The Labute approximate surface area is 142 Å². The number of fused-ring (bicyclic) bond motifs is 1. The van der Waals surface area contributed by atoms with Crippen LogP contribution in [0.3, 0.4) is 0 Å². The van der Waals surface area contributed by atoms with Gasteiger partial charge in [0.05, 0.1) is 0 Å². The molecule has 0 spiro atoms. The van der Waals surface area contributed by atoms with Crippen LogP contribution < -0.4 is 4.90 Å². The van der Waals surface area contributed by atoms with Crippen LogP contribution in [0.1, 0.15) is 30.1 Å². The topological polar surface area (TPSA) is 46.3 Å². The van der Waals surface area contributed by atoms with Gasteiger partial charge in [0.25, 0.3) is 5.82 Å². The molecule has 2 aromatic heterocycles. The number of piperidine rings is 1. The molecule has 3 aromatic rings. The normalized spacial score (nSPS) is 16.5. The summed E-state index contributed by atoms with van der Waals surface area (Å²) in [5.74, 6) is -0.102. The van der Waals surface area contributed by atoms with Gasteiger partial charge in [-0.2, -0.15) is 17.7 Å². The predicted molar refractivity (Wildman–Crippen MR) is 86.4 cm³/mol. The van der Waals surface area contributed by atoms with Gasteiger partial charge in [-0.05, 0) is 36.5 Å². The summed E-state index contributed by atoms with van der Waals surface area (Å²) in [5.41, 5.74) is 1.40. The van der Waals surface area contributed by atoms with Crippen LogP contribution in [-0.4, -0.2) is 32.9 Å². The molecule has 1 fully saturated rings. The highest BCUT2D eigenvalue weighted by molar-refractivity contribution is 5.46. The van der Waals surface area contributed by atoms with Gasteiger partial charge < -0.3 is 4.90 Å². The first kappa shape index (κ1) is 15.9. The molecule has 25 heavy (non-hydrogen) atoms. The number of benzene rings is 1. The maximum absolute atomic E-state index is 13.0. The van der Waals surface area contributed by atoms with Crippen molar-refractivity contribution < 1.29 is 13.2 Å². The summed E-state index contributed by atoms with van der Waals surface area (Å²) in [4.78, 5) is 2.01. The fourth-order valence-electron chi connectivity index (χ4n) is 3.29. The number of alkyl halides is 3. The zero-order chi connectivity index (χ0) is 17.4.